The molecule has 0 aliphatic heterocycles. The molecule has 0 bridgehead atoms. The summed E-state index contributed by atoms with van der Waals surface area (Å²) in [5, 5.41) is 8.50. The second-order valence-electron chi connectivity index (χ2n) is 5.86. The summed E-state index contributed by atoms with van der Waals surface area (Å²) in [6, 6.07) is 0.340. The predicted molar refractivity (Wildman–Crippen MR) is 90.8 cm³/mol. The van der Waals surface area contributed by atoms with E-state index in [-0.39, 0.29) is 12.4 Å². The first-order valence-corrected chi connectivity index (χ1v) is 8.46. The van der Waals surface area contributed by atoms with Gasteiger partial charge in [0, 0.05) is 18.4 Å². The highest BCUT2D eigenvalue weighted by molar-refractivity contribution is 7.15. The molecule has 7 heteroatoms. The number of likely N-dealkylation sites (N-methyl/N-ethyl adjacent to an activating group) is 1. The van der Waals surface area contributed by atoms with Crippen molar-refractivity contribution in [2.24, 2.45) is 0 Å². The van der Waals surface area contributed by atoms with Gasteiger partial charge in [-0.05, 0) is 33.7 Å². The van der Waals surface area contributed by atoms with Crippen LogP contribution >= 0.6 is 23.7 Å². The Morgan fingerprint density at radius 2 is 2.05 bits per heavy atom. The molecule has 1 aliphatic rings. The van der Waals surface area contributed by atoms with Crippen LogP contribution in [-0.2, 0) is 6.42 Å². The van der Waals surface area contributed by atoms with Crippen molar-refractivity contribution in [3.63, 3.8) is 0 Å². The molecule has 1 aliphatic carbocycles. The second-order valence-corrected chi connectivity index (χ2v) is 6.89. The molecule has 5 nitrogen and oxygen atoms in total. The van der Waals surface area contributed by atoms with Gasteiger partial charge in [-0.3, -0.25) is 0 Å². The van der Waals surface area contributed by atoms with Crippen LogP contribution in [0.15, 0.2) is 4.52 Å². The molecule has 0 amide bonds. The number of rotatable bonds is 5. The minimum absolute atomic E-state index is 0. The van der Waals surface area contributed by atoms with Crippen LogP contribution in [0.1, 0.15) is 55.1 Å². The number of halogens is 1. The van der Waals surface area contributed by atoms with E-state index in [9.17, 15) is 0 Å². The van der Waals surface area contributed by atoms with Gasteiger partial charge in [-0.25, -0.2) is 4.98 Å². The molecule has 1 atom stereocenters. The molecule has 0 saturated heterocycles. The van der Waals surface area contributed by atoms with Gasteiger partial charge in [0.05, 0.1) is 10.7 Å². The monoisotopic (exact) mass is 342 g/mol. The van der Waals surface area contributed by atoms with Gasteiger partial charge in [-0.2, -0.15) is 4.98 Å². The largest absolute Gasteiger partial charge is 0.333 e. The molecular formula is C15H23ClN4OS. The number of hydrogen-bond acceptors (Lipinski definition) is 6. The Labute approximate surface area is 141 Å². The van der Waals surface area contributed by atoms with Crippen LogP contribution in [0.2, 0.25) is 0 Å². The summed E-state index contributed by atoms with van der Waals surface area (Å²) >= 11 is 1.72. The van der Waals surface area contributed by atoms with Crippen LogP contribution in [0.4, 0.5) is 0 Å². The normalized spacial score (nSPS) is 16.7. The van der Waals surface area contributed by atoms with E-state index in [0.717, 1.165) is 22.8 Å². The van der Waals surface area contributed by atoms with Crippen LogP contribution in [0, 0.1) is 6.92 Å². The first-order chi connectivity index (χ1) is 10.2. The third kappa shape index (κ3) is 3.67. The first-order valence-electron chi connectivity index (χ1n) is 7.65. The van der Waals surface area contributed by atoms with E-state index in [1.54, 1.807) is 11.3 Å². The van der Waals surface area contributed by atoms with Gasteiger partial charge in [0.2, 0.25) is 0 Å². The van der Waals surface area contributed by atoms with Crippen molar-refractivity contribution < 1.29 is 4.52 Å². The van der Waals surface area contributed by atoms with Gasteiger partial charge in [-0.15, -0.1) is 23.7 Å². The van der Waals surface area contributed by atoms with E-state index in [1.807, 2.05) is 14.0 Å². The van der Waals surface area contributed by atoms with Crippen molar-refractivity contribution in [2.45, 2.75) is 57.9 Å². The molecular weight excluding hydrogens is 320 g/mol. The van der Waals surface area contributed by atoms with Gasteiger partial charge < -0.3 is 9.84 Å². The fraction of sp³-hybridized carbons (Fsp3) is 0.667. The number of thiazole rings is 1. The highest BCUT2D eigenvalue weighted by atomic mass is 35.5. The van der Waals surface area contributed by atoms with Crippen LogP contribution in [-0.4, -0.2) is 28.2 Å². The number of aryl methyl sites for hydroxylation is 1. The lowest BCUT2D eigenvalue weighted by atomic mass is 10.1. The van der Waals surface area contributed by atoms with Crippen LogP contribution in [0.3, 0.4) is 0 Å². The fourth-order valence-corrected chi connectivity index (χ4v) is 3.93. The summed E-state index contributed by atoms with van der Waals surface area (Å²) in [6.45, 7) is 4.14. The van der Waals surface area contributed by atoms with Crippen molar-refractivity contribution in [1.29, 1.82) is 0 Å². The summed E-state index contributed by atoms with van der Waals surface area (Å²) < 4.78 is 5.43. The number of aromatic nitrogens is 3. The molecule has 122 valence electrons. The Morgan fingerprint density at radius 1 is 1.32 bits per heavy atom. The molecule has 0 aromatic carbocycles. The quantitative estimate of drug-likeness (QED) is 0.896. The minimum atomic E-state index is 0. The maximum absolute atomic E-state index is 5.43. The van der Waals surface area contributed by atoms with Gasteiger partial charge in [-0.1, -0.05) is 18.0 Å². The van der Waals surface area contributed by atoms with Crippen molar-refractivity contribution in [3.8, 4) is 10.8 Å². The van der Waals surface area contributed by atoms with Gasteiger partial charge in [0.15, 0.2) is 5.82 Å². The lowest BCUT2D eigenvalue weighted by Crippen LogP contribution is -2.24. The Balaban J connectivity index is 0.00000176. The molecule has 2 aromatic rings. The standard InChI is InChI=1S/C15H22N4OS.ClH/c1-9(16-3)8-12-18-14(20-19-12)13-10(2)17-15(21-13)11-6-4-5-7-11;/h9,11,16H,4-8H2,1-3H3;1H. The highest BCUT2D eigenvalue weighted by Gasteiger charge is 2.24. The van der Waals surface area contributed by atoms with E-state index >= 15 is 0 Å². The first kappa shape index (κ1) is 17.4. The van der Waals surface area contributed by atoms with Crippen molar-refractivity contribution in [2.75, 3.05) is 7.05 Å². The average Bonchev–Trinajstić information content (AvgIpc) is 3.18. The van der Waals surface area contributed by atoms with Crippen molar-refractivity contribution in [3.05, 3.63) is 16.5 Å². The lowest BCUT2D eigenvalue weighted by Gasteiger charge is -2.04. The van der Waals surface area contributed by atoms with Crippen LogP contribution < -0.4 is 5.32 Å². The third-order valence-electron chi connectivity index (χ3n) is 4.16. The zero-order chi connectivity index (χ0) is 14.8. The second kappa shape index (κ2) is 7.53. The topological polar surface area (TPSA) is 63.8 Å². The summed E-state index contributed by atoms with van der Waals surface area (Å²) in [5.74, 6) is 2.00. The van der Waals surface area contributed by atoms with E-state index in [0.29, 0.717) is 17.9 Å². The summed E-state index contributed by atoms with van der Waals surface area (Å²) in [4.78, 5) is 10.3. The molecule has 1 fully saturated rings. The number of nitrogens with one attached hydrogen (secondary N) is 1. The molecule has 0 radical (unpaired) electrons. The smallest absolute Gasteiger partial charge is 0.269 e. The zero-order valence-corrected chi connectivity index (χ0v) is 14.9. The molecule has 22 heavy (non-hydrogen) atoms. The Hall–Kier alpha value is -0.980. The van der Waals surface area contributed by atoms with Crippen LogP contribution in [0.25, 0.3) is 10.8 Å². The van der Waals surface area contributed by atoms with Gasteiger partial charge >= 0.3 is 0 Å². The molecule has 0 spiro atoms. The maximum atomic E-state index is 5.43. The number of hydrogen-bond donors (Lipinski definition) is 1. The van der Waals surface area contributed by atoms with Gasteiger partial charge in [0.25, 0.3) is 5.89 Å². The molecule has 1 unspecified atom stereocenters. The molecule has 3 rings (SSSR count). The Kier molecular flexibility index (Phi) is 5.94. The van der Waals surface area contributed by atoms with Crippen molar-refractivity contribution in [1.82, 2.24) is 20.4 Å². The summed E-state index contributed by atoms with van der Waals surface area (Å²) in [7, 11) is 1.94. The molecule has 1 N–H and O–H groups in total. The van der Waals surface area contributed by atoms with E-state index in [1.165, 1.54) is 30.7 Å². The van der Waals surface area contributed by atoms with E-state index in [4.69, 9.17) is 9.51 Å². The predicted octanol–water partition coefficient (Wildman–Crippen LogP) is 3.73. The number of nitrogens with zero attached hydrogens (tertiary/aromatic N) is 3. The molecule has 2 heterocycles. The molecule has 1 saturated carbocycles. The van der Waals surface area contributed by atoms with Crippen LogP contribution in [0.5, 0.6) is 0 Å². The average molecular weight is 343 g/mol. The van der Waals surface area contributed by atoms with E-state index in [2.05, 4.69) is 22.4 Å². The fourth-order valence-electron chi connectivity index (χ4n) is 2.77. The molecule has 2 aromatic heterocycles. The van der Waals surface area contributed by atoms with Gasteiger partial charge in [0.1, 0.15) is 4.88 Å². The summed E-state index contributed by atoms with van der Waals surface area (Å²) in [6.07, 6.45) is 5.95. The third-order valence-corrected chi connectivity index (χ3v) is 5.47. The lowest BCUT2D eigenvalue weighted by molar-refractivity contribution is 0.418. The van der Waals surface area contributed by atoms with E-state index < -0.39 is 0 Å². The summed E-state index contributed by atoms with van der Waals surface area (Å²) in [5.41, 5.74) is 1.01. The maximum Gasteiger partial charge on any atom is 0.269 e. The Morgan fingerprint density at radius 3 is 2.73 bits per heavy atom. The SMILES string of the molecule is CNC(C)Cc1noc(-c2sc(C3CCCC3)nc2C)n1.Cl. The van der Waals surface area contributed by atoms with Crippen molar-refractivity contribution >= 4 is 23.7 Å². The highest BCUT2D eigenvalue weighted by Crippen LogP contribution is 2.39. The zero-order valence-electron chi connectivity index (χ0n) is 13.3. The Bertz CT molecular complexity index is 606. The minimum Gasteiger partial charge on any atom is -0.333 e.